The number of phenols is 1. The monoisotopic (exact) mass is 956 g/mol. The molecule has 7 atom stereocenters. The minimum Gasteiger partial charge on any atom is -0.508 e. The summed E-state index contributed by atoms with van der Waals surface area (Å²) in [4.78, 5) is 133. The predicted molar refractivity (Wildman–Crippen MR) is 235 cm³/mol. The van der Waals surface area contributed by atoms with Crippen molar-refractivity contribution in [3.05, 3.63) is 29.8 Å². The maximum Gasteiger partial charge on any atom is 0.326 e. The Morgan fingerprint density at radius 2 is 1.32 bits per heavy atom. The molecule has 1 aliphatic rings. The van der Waals surface area contributed by atoms with Crippen LogP contribution in [-0.2, 0) is 54.4 Å². The van der Waals surface area contributed by atoms with Crippen molar-refractivity contribution in [1.82, 2.24) is 42.1 Å². The molecule has 26 nitrogen and oxygen atoms in total. The second-order valence-electron chi connectivity index (χ2n) is 14.4. The van der Waals surface area contributed by atoms with E-state index >= 15 is 0 Å². The number of nitrogens with zero attached hydrogens (tertiary/aromatic N) is 2. The molecule has 1 heterocycles. The summed E-state index contributed by atoms with van der Waals surface area (Å²) < 4.78 is 0. The molecule has 0 spiro atoms. The number of thiol groups is 2. The Labute approximate surface area is 382 Å². The van der Waals surface area contributed by atoms with Gasteiger partial charge in [0.2, 0.25) is 47.3 Å². The number of carboxylic acids is 2. The highest BCUT2D eigenvalue weighted by molar-refractivity contribution is 7.80. The number of phenolic OH excluding ortho intramolecular Hbond substituents is 1. The molecule has 1 aromatic rings. The fraction of sp³-hybridized carbons (Fsp3) is 0.541. The quantitative estimate of drug-likeness (QED) is 0.0169. The van der Waals surface area contributed by atoms with Gasteiger partial charge in [-0.05, 0) is 43.4 Å². The molecule has 1 aromatic carbocycles. The number of rotatable bonds is 27. The van der Waals surface area contributed by atoms with Crippen molar-refractivity contribution < 1.29 is 68.4 Å². The van der Waals surface area contributed by atoms with Crippen molar-refractivity contribution in [3.63, 3.8) is 0 Å². The molecule has 1 aliphatic heterocycles. The predicted octanol–water partition coefficient (Wildman–Crippen LogP) is -6.63. The molecule has 0 aromatic heterocycles. The summed E-state index contributed by atoms with van der Waals surface area (Å²) in [6, 6.07) is -4.77. The van der Waals surface area contributed by atoms with Gasteiger partial charge < -0.3 is 79.7 Å². The van der Waals surface area contributed by atoms with E-state index in [1.54, 1.807) is 0 Å². The van der Waals surface area contributed by atoms with Crippen molar-refractivity contribution in [2.45, 2.75) is 80.8 Å². The Hall–Kier alpha value is -6.39. The van der Waals surface area contributed by atoms with Crippen LogP contribution in [0.2, 0.25) is 0 Å². The van der Waals surface area contributed by atoms with E-state index in [4.69, 9.17) is 17.2 Å². The molecule has 8 amide bonds. The first-order chi connectivity index (χ1) is 30.7. The maximum absolute atomic E-state index is 13.7. The number of nitrogens with two attached hydrogens (primary N) is 3. The number of aliphatic hydroxyl groups is 1. The molecular formula is C37H56N12O14S2. The van der Waals surface area contributed by atoms with Gasteiger partial charge in [-0.25, -0.2) is 4.79 Å². The molecule has 0 unspecified atom stereocenters. The summed E-state index contributed by atoms with van der Waals surface area (Å²) in [5.74, 6) is -11.2. The third-order valence-electron chi connectivity index (χ3n) is 9.49. The average molecular weight is 957 g/mol. The Morgan fingerprint density at radius 3 is 1.89 bits per heavy atom. The molecular weight excluding hydrogens is 901 g/mol. The summed E-state index contributed by atoms with van der Waals surface area (Å²) in [6.45, 7) is -2.25. The number of amides is 8. The molecule has 0 saturated carbocycles. The second kappa shape index (κ2) is 27.7. The van der Waals surface area contributed by atoms with Gasteiger partial charge in [-0.2, -0.15) is 25.3 Å². The van der Waals surface area contributed by atoms with Crippen molar-refractivity contribution in [1.29, 1.82) is 0 Å². The first-order valence-corrected chi connectivity index (χ1v) is 21.2. The number of aliphatic carboxylic acids is 2. The number of hydrogen-bond acceptors (Lipinski definition) is 16. The van der Waals surface area contributed by atoms with Gasteiger partial charge in [0.05, 0.1) is 26.1 Å². The zero-order chi connectivity index (χ0) is 48.8. The van der Waals surface area contributed by atoms with Crippen LogP contribution < -0.4 is 54.4 Å². The third kappa shape index (κ3) is 18.7. The molecule has 28 heteroatoms. The Balaban J connectivity index is 2.18. The highest BCUT2D eigenvalue weighted by atomic mass is 32.1. The van der Waals surface area contributed by atoms with Gasteiger partial charge in [-0.1, -0.05) is 12.1 Å². The van der Waals surface area contributed by atoms with Crippen molar-refractivity contribution >= 4 is 90.4 Å². The van der Waals surface area contributed by atoms with Crippen LogP contribution in [-0.4, -0.2) is 177 Å². The smallest absolute Gasteiger partial charge is 0.326 e. The van der Waals surface area contributed by atoms with E-state index in [9.17, 15) is 68.4 Å². The average Bonchev–Trinajstić information content (AvgIpc) is 3.76. The lowest BCUT2D eigenvalue weighted by molar-refractivity contribution is -0.144. The van der Waals surface area contributed by atoms with Gasteiger partial charge in [0.15, 0.2) is 5.96 Å². The fourth-order valence-corrected chi connectivity index (χ4v) is 6.69. The number of likely N-dealkylation sites (tertiary alicyclic amines) is 1. The summed E-state index contributed by atoms with van der Waals surface area (Å²) >= 11 is 8.11. The van der Waals surface area contributed by atoms with Crippen molar-refractivity contribution in [3.8, 4) is 5.75 Å². The van der Waals surface area contributed by atoms with Gasteiger partial charge in [0.25, 0.3) is 0 Å². The number of aliphatic imine (C=N–C) groups is 1. The van der Waals surface area contributed by atoms with Crippen LogP contribution in [0.5, 0.6) is 5.75 Å². The molecule has 1 saturated heterocycles. The maximum atomic E-state index is 13.7. The molecule has 0 aliphatic carbocycles. The minimum absolute atomic E-state index is 0.0200. The van der Waals surface area contributed by atoms with Crippen LogP contribution in [0.1, 0.15) is 37.7 Å². The van der Waals surface area contributed by atoms with Gasteiger partial charge in [0.1, 0.15) is 48.0 Å². The van der Waals surface area contributed by atoms with Crippen LogP contribution >= 0.6 is 25.3 Å². The lowest BCUT2D eigenvalue weighted by atomic mass is 10.1. The molecule has 0 bridgehead atoms. The normalized spacial score (nSPS) is 15.9. The molecule has 360 valence electrons. The van der Waals surface area contributed by atoms with E-state index in [0.717, 1.165) is 4.90 Å². The van der Waals surface area contributed by atoms with Crippen LogP contribution in [0.4, 0.5) is 0 Å². The summed E-state index contributed by atoms with van der Waals surface area (Å²) in [7, 11) is 0. The van der Waals surface area contributed by atoms with Crippen molar-refractivity contribution in [2.75, 3.05) is 44.3 Å². The highest BCUT2D eigenvalue weighted by Crippen LogP contribution is 2.19. The highest BCUT2D eigenvalue weighted by Gasteiger charge is 2.40. The number of carbonyl (C=O) groups is 10. The van der Waals surface area contributed by atoms with Gasteiger partial charge in [-0.3, -0.25) is 48.1 Å². The Morgan fingerprint density at radius 1 is 0.754 bits per heavy atom. The standard InChI is InChI=1S/C37H56N12O14S2/c38-13-27(52)44-24(16-64)30(56)42-14-28(53)43-20(3-1-9-41-37(39)40)31(57)45-21(12-29(54)55)32(58)47-23(15-50)35(61)49-10-2-4-26(49)34(60)48-25(17-65)33(59)46-22(36(62)63)11-18-5-7-19(51)8-6-18/h5-8,20-26,50-51,64-65H,1-4,9-17,38H2,(H,42,56)(H,43,53)(H,44,52)(H,45,57)(H,46,59)(H,47,58)(H,48,60)(H,54,55)(H,62,63)(H4,39,40,41)/t20-,21-,22-,23-,24-,25+,26-/m0/s1. The number of guanidine groups is 1. The van der Waals surface area contributed by atoms with Gasteiger partial charge in [0, 0.05) is 31.0 Å². The van der Waals surface area contributed by atoms with Gasteiger partial charge >= 0.3 is 11.9 Å². The number of hydrogen-bond donors (Lipinski definition) is 16. The first-order valence-electron chi connectivity index (χ1n) is 19.9. The van der Waals surface area contributed by atoms with E-state index in [2.05, 4.69) is 67.5 Å². The number of aliphatic hydroxyl groups excluding tert-OH is 1. The van der Waals surface area contributed by atoms with Crippen LogP contribution in [0.25, 0.3) is 0 Å². The van der Waals surface area contributed by atoms with E-state index in [-0.39, 0.29) is 68.4 Å². The minimum atomic E-state index is -1.91. The molecule has 65 heavy (non-hydrogen) atoms. The largest absolute Gasteiger partial charge is 0.508 e. The zero-order valence-corrected chi connectivity index (χ0v) is 36.7. The van der Waals surface area contributed by atoms with Crippen LogP contribution in [0.15, 0.2) is 29.3 Å². The van der Waals surface area contributed by atoms with E-state index in [1.165, 1.54) is 24.3 Å². The summed E-state index contributed by atoms with van der Waals surface area (Å²) in [6.07, 6.45) is -0.988. The number of carboxylic acid groups (broad SMARTS) is 2. The lowest BCUT2D eigenvalue weighted by Gasteiger charge is -2.30. The lowest BCUT2D eigenvalue weighted by Crippen LogP contribution is -2.60. The fourth-order valence-electron chi connectivity index (χ4n) is 6.18. The van der Waals surface area contributed by atoms with Crippen molar-refractivity contribution in [2.24, 2.45) is 22.2 Å². The SMILES string of the molecule is NCC(=O)N[C@@H](CS)C(=O)NCC(=O)N[C@@H](CCCN=C(N)N)C(=O)N[C@@H](CC(=O)O)C(=O)N[C@@H](CO)C(=O)N1CCC[C@H]1C(=O)N[C@H](CS)C(=O)N[C@@H](Cc1ccc(O)cc1)C(=O)O. The first kappa shape index (κ1) is 54.7. The summed E-state index contributed by atoms with van der Waals surface area (Å²) in [5, 5.41) is 55.1. The number of carbonyl (C=O) groups excluding carboxylic acids is 8. The Kier molecular flexibility index (Phi) is 23.3. The summed E-state index contributed by atoms with van der Waals surface area (Å²) in [5.41, 5.74) is 16.4. The van der Waals surface area contributed by atoms with Crippen LogP contribution in [0, 0.1) is 0 Å². The number of aromatic hydroxyl groups is 1. The zero-order valence-electron chi connectivity index (χ0n) is 34.9. The molecule has 17 N–H and O–H groups in total. The Bertz CT molecular complexity index is 1910. The molecule has 0 radical (unpaired) electrons. The van der Waals surface area contributed by atoms with E-state index in [1.807, 2.05) is 0 Å². The number of nitrogens with one attached hydrogen (secondary N) is 7. The van der Waals surface area contributed by atoms with Gasteiger partial charge in [-0.15, -0.1) is 0 Å². The second-order valence-corrected chi connectivity index (χ2v) is 15.1. The molecule has 2 rings (SSSR count). The molecule has 1 fully saturated rings. The van der Waals surface area contributed by atoms with Crippen LogP contribution in [0.3, 0.4) is 0 Å². The third-order valence-corrected chi connectivity index (χ3v) is 10.2. The number of benzene rings is 1. The topological polar surface area (TPSA) is 429 Å². The van der Waals surface area contributed by atoms with E-state index < -0.39 is 128 Å². The van der Waals surface area contributed by atoms with E-state index in [0.29, 0.717) is 5.56 Å².